The molecule has 1 aliphatic carbocycles. The highest BCUT2D eigenvalue weighted by molar-refractivity contribution is 6.27. The van der Waals surface area contributed by atoms with E-state index in [1.807, 2.05) is 0 Å². The zero-order valence-electron chi connectivity index (χ0n) is 8.61. The second kappa shape index (κ2) is 8.19. The Bertz CT molecular complexity index is 188. The highest BCUT2D eigenvalue weighted by atomic mass is 16.4. The molecule has 0 radical (unpaired) electrons. The van der Waals surface area contributed by atoms with E-state index in [9.17, 15) is 0 Å². The summed E-state index contributed by atoms with van der Waals surface area (Å²) in [6.45, 7) is 0. The average Bonchev–Trinajstić information content (AvgIpc) is 2.46. The van der Waals surface area contributed by atoms with Gasteiger partial charge in [0.2, 0.25) is 0 Å². The lowest BCUT2D eigenvalue weighted by atomic mass is 10.1. The minimum Gasteiger partial charge on any atom is -0.473 e. The van der Waals surface area contributed by atoms with Crippen molar-refractivity contribution in [2.24, 2.45) is 5.84 Å². The molecule has 0 bridgehead atoms. The summed E-state index contributed by atoms with van der Waals surface area (Å²) in [5, 5.41) is 14.8. The van der Waals surface area contributed by atoms with Crippen LogP contribution in [0, 0.1) is 0 Å². The Hall–Kier alpha value is -1.14. The lowest BCUT2D eigenvalue weighted by Crippen LogP contribution is -2.34. The molecule has 1 rings (SSSR count). The Morgan fingerprint density at radius 3 is 1.67 bits per heavy atom. The largest absolute Gasteiger partial charge is 0.473 e. The average molecular weight is 218 g/mol. The smallest absolute Gasteiger partial charge is 0.414 e. The van der Waals surface area contributed by atoms with Crippen molar-refractivity contribution in [2.75, 3.05) is 0 Å². The first kappa shape index (κ1) is 13.9. The Kier molecular flexibility index (Phi) is 7.57. The molecule has 15 heavy (non-hydrogen) atoms. The van der Waals surface area contributed by atoms with Gasteiger partial charge in [-0.25, -0.2) is 9.59 Å². The molecule has 0 aliphatic heterocycles. The molecular formula is C9H18N2O4. The van der Waals surface area contributed by atoms with E-state index < -0.39 is 11.9 Å². The first-order chi connectivity index (χ1) is 7.07. The van der Waals surface area contributed by atoms with Crippen molar-refractivity contribution in [3.8, 4) is 0 Å². The highest BCUT2D eigenvalue weighted by Gasteiger charge is 2.08. The van der Waals surface area contributed by atoms with Crippen LogP contribution in [0.3, 0.4) is 0 Å². The summed E-state index contributed by atoms with van der Waals surface area (Å²) in [7, 11) is 0. The van der Waals surface area contributed by atoms with E-state index in [4.69, 9.17) is 25.6 Å². The van der Waals surface area contributed by atoms with Crippen molar-refractivity contribution in [3.05, 3.63) is 0 Å². The molecule has 88 valence electrons. The Morgan fingerprint density at radius 2 is 1.40 bits per heavy atom. The predicted molar refractivity (Wildman–Crippen MR) is 54.1 cm³/mol. The number of carbonyl (C=O) groups is 2. The van der Waals surface area contributed by atoms with Crippen LogP contribution in [0.1, 0.15) is 38.5 Å². The molecule has 0 unspecified atom stereocenters. The molecule has 0 aromatic carbocycles. The number of rotatable bonds is 1. The molecule has 1 saturated carbocycles. The van der Waals surface area contributed by atoms with Crippen molar-refractivity contribution in [1.82, 2.24) is 5.43 Å². The van der Waals surface area contributed by atoms with Crippen molar-refractivity contribution in [2.45, 2.75) is 44.6 Å². The van der Waals surface area contributed by atoms with E-state index in [1.54, 1.807) is 0 Å². The molecular weight excluding hydrogens is 200 g/mol. The van der Waals surface area contributed by atoms with Gasteiger partial charge in [0.25, 0.3) is 0 Å². The van der Waals surface area contributed by atoms with E-state index in [1.165, 1.54) is 38.5 Å². The van der Waals surface area contributed by atoms with Gasteiger partial charge in [-0.05, 0) is 12.8 Å². The SMILES string of the molecule is NNC1CCCCCC1.O=C(O)C(=O)O. The maximum atomic E-state index is 9.10. The minimum absolute atomic E-state index is 0.604. The fourth-order valence-corrected chi connectivity index (χ4v) is 1.45. The van der Waals surface area contributed by atoms with Crippen molar-refractivity contribution < 1.29 is 19.8 Å². The molecule has 0 spiro atoms. The minimum atomic E-state index is -1.82. The fourth-order valence-electron chi connectivity index (χ4n) is 1.45. The van der Waals surface area contributed by atoms with Gasteiger partial charge in [-0.2, -0.15) is 0 Å². The molecule has 0 amide bonds. The number of nitrogens with one attached hydrogen (secondary N) is 1. The number of hydrazine groups is 1. The molecule has 0 atom stereocenters. The molecule has 0 saturated heterocycles. The van der Waals surface area contributed by atoms with Gasteiger partial charge in [0.1, 0.15) is 0 Å². The Labute approximate surface area is 88.4 Å². The van der Waals surface area contributed by atoms with Crippen LogP contribution in [0.25, 0.3) is 0 Å². The van der Waals surface area contributed by atoms with Crippen LogP contribution in [0.4, 0.5) is 0 Å². The second-order valence-corrected chi connectivity index (χ2v) is 3.47. The predicted octanol–water partition coefficient (Wildman–Crippen LogP) is 0.328. The number of nitrogens with two attached hydrogens (primary N) is 1. The van der Waals surface area contributed by atoms with Gasteiger partial charge in [-0.1, -0.05) is 25.7 Å². The van der Waals surface area contributed by atoms with Crippen LogP contribution in [0.5, 0.6) is 0 Å². The lowest BCUT2D eigenvalue weighted by molar-refractivity contribution is -0.159. The summed E-state index contributed by atoms with van der Waals surface area (Å²) < 4.78 is 0. The maximum absolute atomic E-state index is 9.10. The van der Waals surface area contributed by atoms with E-state index in [-0.39, 0.29) is 0 Å². The monoisotopic (exact) mass is 218 g/mol. The molecule has 1 fully saturated rings. The van der Waals surface area contributed by atoms with E-state index in [0.29, 0.717) is 6.04 Å². The maximum Gasteiger partial charge on any atom is 0.414 e. The molecule has 6 heteroatoms. The Morgan fingerprint density at radius 1 is 1.00 bits per heavy atom. The van der Waals surface area contributed by atoms with Crippen molar-refractivity contribution >= 4 is 11.9 Å². The standard InChI is InChI=1S/C7H16N2.C2H2O4/c8-9-7-5-3-1-2-4-6-7;3-1(4)2(5)6/h7,9H,1-6,8H2;(H,3,4)(H,5,6). The van der Waals surface area contributed by atoms with Crippen molar-refractivity contribution in [1.29, 1.82) is 0 Å². The third kappa shape index (κ3) is 7.90. The van der Waals surface area contributed by atoms with Crippen LogP contribution in [0.15, 0.2) is 0 Å². The summed E-state index contributed by atoms with van der Waals surface area (Å²) in [6, 6.07) is 0.604. The summed E-state index contributed by atoms with van der Waals surface area (Å²) in [6.07, 6.45) is 8.06. The zero-order valence-corrected chi connectivity index (χ0v) is 8.61. The van der Waals surface area contributed by atoms with Crippen molar-refractivity contribution in [3.63, 3.8) is 0 Å². The van der Waals surface area contributed by atoms with Gasteiger partial charge < -0.3 is 10.2 Å². The van der Waals surface area contributed by atoms with Crippen LogP contribution in [-0.4, -0.2) is 28.2 Å². The number of carboxylic acid groups (broad SMARTS) is 2. The van der Waals surface area contributed by atoms with Gasteiger partial charge in [0.05, 0.1) is 0 Å². The summed E-state index contributed by atoms with van der Waals surface area (Å²) >= 11 is 0. The van der Waals surface area contributed by atoms with E-state index >= 15 is 0 Å². The number of hydrogen-bond donors (Lipinski definition) is 4. The van der Waals surface area contributed by atoms with Crippen LogP contribution in [0.2, 0.25) is 0 Å². The Balaban J connectivity index is 0.000000288. The summed E-state index contributed by atoms with van der Waals surface area (Å²) in [4.78, 5) is 18.2. The molecule has 0 heterocycles. The summed E-state index contributed by atoms with van der Waals surface area (Å²) in [5.74, 6) is 1.67. The number of carboxylic acids is 2. The normalized spacial score (nSPS) is 17.1. The van der Waals surface area contributed by atoms with Gasteiger partial charge in [-0.3, -0.25) is 11.3 Å². The first-order valence-corrected chi connectivity index (χ1v) is 5.00. The third-order valence-electron chi connectivity index (χ3n) is 2.27. The molecule has 0 aromatic heterocycles. The number of hydrogen-bond acceptors (Lipinski definition) is 4. The van der Waals surface area contributed by atoms with E-state index in [0.717, 1.165) is 0 Å². The zero-order chi connectivity index (χ0) is 11.7. The fraction of sp³-hybridized carbons (Fsp3) is 0.778. The van der Waals surface area contributed by atoms with Gasteiger partial charge in [0.15, 0.2) is 0 Å². The quantitative estimate of drug-likeness (QED) is 0.218. The highest BCUT2D eigenvalue weighted by Crippen LogP contribution is 2.16. The molecule has 5 N–H and O–H groups in total. The lowest BCUT2D eigenvalue weighted by Gasteiger charge is -2.10. The first-order valence-electron chi connectivity index (χ1n) is 5.00. The molecule has 0 aromatic rings. The van der Waals surface area contributed by atoms with E-state index in [2.05, 4.69) is 5.43 Å². The topological polar surface area (TPSA) is 113 Å². The van der Waals surface area contributed by atoms with Gasteiger partial charge >= 0.3 is 11.9 Å². The summed E-state index contributed by atoms with van der Waals surface area (Å²) in [5.41, 5.74) is 2.84. The molecule has 6 nitrogen and oxygen atoms in total. The van der Waals surface area contributed by atoms with Crippen LogP contribution >= 0.6 is 0 Å². The third-order valence-corrected chi connectivity index (χ3v) is 2.27. The molecule has 1 aliphatic rings. The van der Waals surface area contributed by atoms with Crippen LogP contribution < -0.4 is 11.3 Å². The van der Waals surface area contributed by atoms with Gasteiger partial charge in [0, 0.05) is 6.04 Å². The second-order valence-electron chi connectivity index (χ2n) is 3.47. The van der Waals surface area contributed by atoms with Crippen LogP contribution in [-0.2, 0) is 9.59 Å². The van der Waals surface area contributed by atoms with Gasteiger partial charge in [-0.15, -0.1) is 0 Å². The number of aliphatic carboxylic acids is 2.